The molecule has 4 rings (SSSR count). The number of benzene rings is 1. The summed E-state index contributed by atoms with van der Waals surface area (Å²) >= 11 is 0. The van der Waals surface area contributed by atoms with Gasteiger partial charge in [0.1, 0.15) is 37.0 Å². The molecule has 2 aromatic rings. The summed E-state index contributed by atoms with van der Waals surface area (Å²) in [7, 11) is 0. The van der Waals surface area contributed by atoms with E-state index in [0.29, 0.717) is 26.4 Å². The van der Waals surface area contributed by atoms with Crippen molar-refractivity contribution in [2.24, 2.45) is 0 Å². The van der Waals surface area contributed by atoms with Crippen LogP contribution in [0.1, 0.15) is 19.8 Å². The Labute approximate surface area is 203 Å². The van der Waals surface area contributed by atoms with Crippen LogP contribution in [-0.2, 0) is 16.1 Å². The van der Waals surface area contributed by atoms with Crippen LogP contribution < -0.4 is 19.5 Å². The van der Waals surface area contributed by atoms with Crippen LogP contribution >= 0.6 is 0 Å². The summed E-state index contributed by atoms with van der Waals surface area (Å²) in [6.07, 6.45) is 3.08. The highest BCUT2D eigenvalue weighted by atomic mass is 16.6. The average molecular weight is 490 g/mol. The number of nitrogens with one attached hydrogen (secondary N) is 1. The fourth-order valence-electron chi connectivity index (χ4n) is 4.10. The van der Waals surface area contributed by atoms with Gasteiger partial charge in [-0.2, -0.15) is 0 Å². The minimum Gasteiger partial charge on any atom is -0.491 e. The number of rotatable bonds is 11. The molecule has 12 heteroatoms. The van der Waals surface area contributed by atoms with E-state index in [1.54, 1.807) is 4.57 Å². The molecule has 0 radical (unpaired) electrons. The Morgan fingerprint density at radius 2 is 1.97 bits per heavy atom. The topological polar surface area (TPSA) is 130 Å². The Hall–Kier alpha value is -3.38. The molecule has 190 valence electrons. The molecule has 1 N–H and O–H groups in total. The Kier molecular flexibility index (Phi) is 8.37. The number of nitro groups is 1. The van der Waals surface area contributed by atoms with Gasteiger partial charge in [0.05, 0.1) is 25.7 Å². The normalized spacial score (nSPS) is 18.4. The van der Waals surface area contributed by atoms with Gasteiger partial charge in [-0.05, 0) is 49.0 Å². The average Bonchev–Trinajstić information content (AvgIpc) is 3.28. The lowest BCUT2D eigenvalue weighted by atomic mass is 10.1. The summed E-state index contributed by atoms with van der Waals surface area (Å²) in [6, 6.07) is 7.52. The molecule has 12 nitrogen and oxygen atoms in total. The molecule has 2 aliphatic rings. The fourth-order valence-corrected chi connectivity index (χ4v) is 4.10. The minimum atomic E-state index is -0.565. The zero-order valence-corrected chi connectivity index (χ0v) is 19.8. The molecule has 3 heterocycles. The first-order chi connectivity index (χ1) is 17.0. The van der Waals surface area contributed by atoms with Gasteiger partial charge in [0.15, 0.2) is 0 Å². The van der Waals surface area contributed by atoms with Crippen molar-refractivity contribution in [1.29, 1.82) is 0 Å². The van der Waals surface area contributed by atoms with Crippen molar-refractivity contribution in [2.45, 2.75) is 38.5 Å². The highest BCUT2D eigenvalue weighted by molar-refractivity contribution is 5.78. The summed E-state index contributed by atoms with van der Waals surface area (Å²) in [6.45, 7) is 6.13. The third-order valence-corrected chi connectivity index (χ3v) is 5.84. The third kappa shape index (κ3) is 7.06. The maximum absolute atomic E-state index is 12.5. The van der Waals surface area contributed by atoms with Crippen LogP contribution in [0.25, 0.3) is 0 Å². The van der Waals surface area contributed by atoms with E-state index in [4.69, 9.17) is 18.9 Å². The van der Waals surface area contributed by atoms with Crippen LogP contribution in [0.5, 0.6) is 17.5 Å². The number of hydrogen-bond acceptors (Lipinski definition) is 9. The first kappa shape index (κ1) is 24.7. The van der Waals surface area contributed by atoms with Gasteiger partial charge in [-0.25, -0.2) is 0 Å². The molecule has 0 spiro atoms. The number of fused-ring (bicyclic) bond motifs is 1. The monoisotopic (exact) mass is 489 g/mol. The Morgan fingerprint density at radius 3 is 2.69 bits per heavy atom. The summed E-state index contributed by atoms with van der Waals surface area (Å²) in [4.78, 5) is 28.7. The van der Waals surface area contributed by atoms with E-state index in [-0.39, 0.29) is 43.0 Å². The zero-order chi connectivity index (χ0) is 24.6. The lowest BCUT2D eigenvalue weighted by Crippen LogP contribution is -2.49. The summed E-state index contributed by atoms with van der Waals surface area (Å²) in [5.41, 5.74) is 0. The van der Waals surface area contributed by atoms with E-state index < -0.39 is 4.92 Å². The fraction of sp³-hybridized carbons (Fsp3) is 0.565. The Morgan fingerprint density at radius 1 is 1.23 bits per heavy atom. The van der Waals surface area contributed by atoms with Crippen molar-refractivity contribution in [3.63, 3.8) is 0 Å². The van der Waals surface area contributed by atoms with Crippen LogP contribution in [0.15, 0.2) is 30.5 Å². The zero-order valence-electron chi connectivity index (χ0n) is 19.8. The number of piperidine rings is 1. The highest BCUT2D eigenvalue weighted by Gasteiger charge is 2.29. The molecule has 1 aromatic heterocycles. The van der Waals surface area contributed by atoms with Gasteiger partial charge in [-0.1, -0.05) is 0 Å². The van der Waals surface area contributed by atoms with Crippen LogP contribution in [0, 0.1) is 10.1 Å². The molecule has 1 aromatic carbocycles. The number of nitrogens with zero attached hydrogens (tertiary/aromatic N) is 4. The van der Waals surface area contributed by atoms with Crippen LogP contribution in [0.2, 0.25) is 0 Å². The third-order valence-electron chi connectivity index (χ3n) is 5.84. The van der Waals surface area contributed by atoms with Gasteiger partial charge in [0, 0.05) is 24.7 Å². The highest BCUT2D eigenvalue weighted by Crippen LogP contribution is 2.23. The van der Waals surface area contributed by atoms with E-state index in [1.807, 2.05) is 31.2 Å². The maximum Gasteiger partial charge on any atom is 0.414 e. The number of ether oxygens (including phenoxy) is 4. The van der Waals surface area contributed by atoms with Crippen molar-refractivity contribution < 1.29 is 28.7 Å². The van der Waals surface area contributed by atoms with Gasteiger partial charge < -0.3 is 34.4 Å². The number of hydrogen-bond donors (Lipinski definition) is 1. The van der Waals surface area contributed by atoms with Crippen molar-refractivity contribution in [3.8, 4) is 17.5 Å². The van der Waals surface area contributed by atoms with Gasteiger partial charge in [0.2, 0.25) is 5.91 Å². The number of likely N-dealkylation sites (tertiary alicyclic amines) is 1. The summed E-state index contributed by atoms with van der Waals surface area (Å²) in [5.74, 6) is 1.22. The standard InChI is InChI=1S/C23H31N5O7/c1-2-32-11-12-33-18-3-5-19(6-4-18)35-20-7-9-26(10-8-20)15-22(29)24-17-13-27-14-21(28(30)31)25-23(27)34-16-17/h3-6,14,17,20H,2,7-13,15-16H2,1H3,(H,24,29). The minimum absolute atomic E-state index is 0.0984. The predicted molar refractivity (Wildman–Crippen MR) is 125 cm³/mol. The lowest BCUT2D eigenvalue weighted by molar-refractivity contribution is -0.389. The van der Waals surface area contributed by atoms with E-state index in [1.165, 1.54) is 6.20 Å². The quantitative estimate of drug-likeness (QED) is 0.284. The van der Waals surface area contributed by atoms with Crippen LogP contribution in [0.4, 0.5) is 5.82 Å². The van der Waals surface area contributed by atoms with E-state index in [0.717, 1.165) is 37.4 Å². The van der Waals surface area contributed by atoms with E-state index in [2.05, 4.69) is 15.2 Å². The van der Waals surface area contributed by atoms with Crippen LogP contribution in [-0.4, -0.2) is 83.5 Å². The van der Waals surface area contributed by atoms with Crippen molar-refractivity contribution in [3.05, 3.63) is 40.6 Å². The molecular formula is C23H31N5O7. The molecule has 2 aliphatic heterocycles. The molecule has 1 fully saturated rings. The molecule has 35 heavy (non-hydrogen) atoms. The molecule has 0 aliphatic carbocycles. The number of amides is 1. The van der Waals surface area contributed by atoms with Crippen molar-refractivity contribution in [2.75, 3.05) is 46.1 Å². The van der Waals surface area contributed by atoms with Gasteiger partial charge in [-0.15, -0.1) is 0 Å². The molecule has 1 saturated heterocycles. The van der Waals surface area contributed by atoms with Gasteiger partial charge >= 0.3 is 11.8 Å². The number of carbonyl (C=O) groups is 1. The number of aromatic nitrogens is 2. The Bertz CT molecular complexity index is 989. The van der Waals surface area contributed by atoms with E-state index in [9.17, 15) is 14.9 Å². The smallest absolute Gasteiger partial charge is 0.414 e. The first-order valence-corrected chi connectivity index (χ1v) is 11.8. The summed E-state index contributed by atoms with van der Waals surface area (Å²) < 4.78 is 24.0. The Balaban J connectivity index is 1.15. The van der Waals surface area contributed by atoms with Gasteiger partial charge in [0.25, 0.3) is 0 Å². The lowest BCUT2D eigenvalue weighted by Gasteiger charge is -2.32. The van der Waals surface area contributed by atoms with Crippen molar-refractivity contribution in [1.82, 2.24) is 19.8 Å². The second-order valence-corrected chi connectivity index (χ2v) is 8.48. The molecule has 1 atom stereocenters. The molecule has 1 amide bonds. The second-order valence-electron chi connectivity index (χ2n) is 8.48. The SMILES string of the molecule is CCOCCOc1ccc(OC2CCN(CC(=O)NC3COc4nc([N+](=O)[O-])cn4C3)CC2)cc1. The van der Waals surface area contributed by atoms with Crippen molar-refractivity contribution >= 4 is 11.7 Å². The number of imidazole rings is 1. The molecule has 0 saturated carbocycles. The maximum atomic E-state index is 12.5. The molecule has 0 bridgehead atoms. The molecular weight excluding hydrogens is 458 g/mol. The first-order valence-electron chi connectivity index (χ1n) is 11.8. The number of carbonyl (C=O) groups excluding carboxylic acids is 1. The summed E-state index contributed by atoms with van der Waals surface area (Å²) in [5, 5.41) is 13.8. The second kappa shape index (κ2) is 11.8. The van der Waals surface area contributed by atoms with Gasteiger partial charge in [-0.3, -0.25) is 14.3 Å². The molecule has 1 unspecified atom stereocenters. The van der Waals surface area contributed by atoms with E-state index >= 15 is 0 Å². The largest absolute Gasteiger partial charge is 0.491 e. The van der Waals surface area contributed by atoms with Crippen LogP contribution in [0.3, 0.4) is 0 Å². The predicted octanol–water partition coefficient (Wildman–Crippen LogP) is 1.63.